The summed E-state index contributed by atoms with van der Waals surface area (Å²) in [6.45, 7) is 2.10. The van der Waals surface area contributed by atoms with Crippen LogP contribution >= 0.6 is 0 Å². The third kappa shape index (κ3) is 7.99. The van der Waals surface area contributed by atoms with E-state index in [2.05, 4.69) is 21.1 Å². The van der Waals surface area contributed by atoms with Crippen molar-refractivity contribution in [3.8, 4) is 23.0 Å². The molecule has 2 aliphatic rings. The van der Waals surface area contributed by atoms with Crippen molar-refractivity contribution in [1.82, 2.24) is 20.3 Å². The number of amides is 2. The van der Waals surface area contributed by atoms with Crippen LogP contribution in [0.4, 0.5) is 10.1 Å². The lowest BCUT2D eigenvalue weighted by Gasteiger charge is -2.36. The Balaban J connectivity index is 1.10. The number of nitrogens with zero attached hydrogens (tertiary/aromatic N) is 5. The van der Waals surface area contributed by atoms with Gasteiger partial charge in [-0.2, -0.15) is 10.2 Å². The molecule has 52 heavy (non-hydrogen) atoms. The van der Waals surface area contributed by atoms with Crippen molar-refractivity contribution in [2.75, 3.05) is 66.1 Å². The first-order chi connectivity index (χ1) is 25.2. The Morgan fingerprint density at radius 2 is 1.38 bits per heavy atom. The number of ether oxygens (including phenoxy) is 4. The van der Waals surface area contributed by atoms with Crippen LogP contribution in [0.5, 0.6) is 23.0 Å². The van der Waals surface area contributed by atoms with E-state index in [0.29, 0.717) is 65.9 Å². The number of benzene rings is 3. The van der Waals surface area contributed by atoms with Crippen molar-refractivity contribution in [1.29, 1.82) is 0 Å². The average molecular weight is 714 g/mol. The van der Waals surface area contributed by atoms with Crippen molar-refractivity contribution >= 4 is 40.8 Å². The zero-order valence-corrected chi connectivity index (χ0v) is 29.3. The molecule has 1 aliphatic carbocycles. The first-order valence-corrected chi connectivity index (χ1v) is 16.7. The molecule has 15 heteroatoms. The number of pyridine rings is 1. The van der Waals surface area contributed by atoms with Gasteiger partial charge in [-0.1, -0.05) is 0 Å². The molecule has 0 spiro atoms. The fourth-order valence-corrected chi connectivity index (χ4v) is 6.07. The molecule has 2 fully saturated rings. The Kier molecular flexibility index (Phi) is 11.0. The Morgan fingerprint density at radius 3 is 1.94 bits per heavy atom. The van der Waals surface area contributed by atoms with Gasteiger partial charge in [0.1, 0.15) is 11.4 Å². The third-order valence-corrected chi connectivity index (χ3v) is 8.96. The van der Waals surface area contributed by atoms with Crippen LogP contribution < -0.4 is 40.1 Å². The van der Waals surface area contributed by atoms with Crippen molar-refractivity contribution in [3.05, 3.63) is 87.5 Å². The lowest BCUT2D eigenvalue weighted by atomic mass is 10.1. The second kappa shape index (κ2) is 15.9. The van der Waals surface area contributed by atoms with E-state index in [1.54, 1.807) is 56.7 Å². The molecule has 0 bridgehead atoms. The number of rotatable bonds is 13. The van der Waals surface area contributed by atoms with Crippen molar-refractivity contribution in [2.45, 2.75) is 18.9 Å². The number of hydrazone groups is 2. The van der Waals surface area contributed by atoms with Gasteiger partial charge >= 0.3 is 0 Å². The summed E-state index contributed by atoms with van der Waals surface area (Å²) in [5.74, 6) is 0.654. The van der Waals surface area contributed by atoms with Crippen molar-refractivity contribution < 1.29 is 32.9 Å². The lowest BCUT2D eigenvalue weighted by molar-refractivity contribution is -0.122. The molecular weight excluding hydrogens is 673 g/mol. The maximum absolute atomic E-state index is 15.7. The average Bonchev–Trinajstić information content (AvgIpc) is 4.01. The predicted octanol–water partition coefficient (Wildman–Crippen LogP) is 3.55. The fourth-order valence-electron chi connectivity index (χ4n) is 6.07. The second-order valence-electron chi connectivity index (χ2n) is 12.3. The molecule has 6 rings (SSSR count). The maximum Gasteiger partial charge on any atom is 0.276 e. The van der Waals surface area contributed by atoms with Crippen LogP contribution in [0.1, 0.15) is 40.4 Å². The Morgan fingerprint density at radius 1 is 0.808 bits per heavy atom. The fraction of sp³-hybridized carbons (Fsp3) is 0.324. The highest BCUT2D eigenvalue weighted by Gasteiger charge is 2.29. The number of hydrogen-bond donors (Lipinski definition) is 2. The number of carbonyl (C=O) groups is 2. The largest absolute Gasteiger partial charge is 0.493 e. The van der Waals surface area contributed by atoms with Gasteiger partial charge in [-0.3, -0.25) is 19.3 Å². The van der Waals surface area contributed by atoms with E-state index in [-0.39, 0.29) is 29.4 Å². The molecule has 1 saturated heterocycles. The number of halogens is 1. The van der Waals surface area contributed by atoms with Crippen LogP contribution in [0.3, 0.4) is 0 Å². The number of aromatic nitrogens is 1. The quantitative estimate of drug-likeness (QED) is 0.157. The normalized spacial score (nSPS) is 14.9. The highest BCUT2D eigenvalue weighted by molar-refractivity contribution is 5.98. The molecule has 0 atom stereocenters. The third-order valence-electron chi connectivity index (χ3n) is 8.96. The summed E-state index contributed by atoms with van der Waals surface area (Å²) in [5.41, 5.74) is 6.55. The maximum atomic E-state index is 15.7. The molecule has 0 unspecified atom stereocenters. The van der Waals surface area contributed by atoms with Crippen LogP contribution in [-0.2, 0) is 4.79 Å². The number of nitrogens with one attached hydrogen (secondary N) is 2. The van der Waals surface area contributed by atoms with E-state index in [4.69, 9.17) is 18.9 Å². The summed E-state index contributed by atoms with van der Waals surface area (Å²) in [7, 11) is 6.15. The summed E-state index contributed by atoms with van der Waals surface area (Å²) >= 11 is 0. The topological polar surface area (TPSA) is 148 Å². The summed E-state index contributed by atoms with van der Waals surface area (Å²) < 4.78 is 38.7. The van der Waals surface area contributed by atoms with Gasteiger partial charge in [0.25, 0.3) is 11.8 Å². The van der Waals surface area contributed by atoms with Crippen LogP contribution in [0.15, 0.2) is 69.7 Å². The van der Waals surface area contributed by atoms with E-state index in [1.165, 1.54) is 38.9 Å². The van der Waals surface area contributed by atoms with Crippen LogP contribution in [0.2, 0.25) is 0 Å². The predicted molar refractivity (Wildman–Crippen MR) is 195 cm³/mol. The van der Waals surface area contributed by atoms with Gasteiger partial charge in [-0.05, 0) is 72.5 Å². The number of carbonyl (C=O) groups excluding carboxylic acids is 2. The molecule has 0 radical (unpaired) electrons. The summed E-state index contributed by atoms with van der Waals surface area (Å²) in [4.78, 5) is 43.2. The second-order valence-corrected chi connectivity index (χ2v) is 12.3. The minimum atomic E-state index is -0.700. The van der Waals surface area contributed by atoms with E-state index < -0.39 is 17.2 Å². The minimum absolute atomic E-state index is 0.0907. The number of fused-ring (bicyclic) bond motifs is 1. The zero-order chi connectivity index (χ0) is 36.8. The van der Waals surface area contributed by atoms with Gasteiger partial charge in [-0.15, -0.1) is 0 Å². The molecule has 1 saturated carbocycles. The lowest BCUT2D eigenvalue weighted by Crippen LogP contribution is -2.49. The standard InChI is InChI=1S/C37H40FN7O7/c1-49-31-9-5-23(15-33(31)51-3)19-39-41-35(46)22-43-11-13-44(14-12-43)30-18-29-26(17-28(30)38)36(47)27(21-45(29)25-7-8-25)37(48)42-40-20-24-6-10-32(50-2)34(16-24)52-4/h5-6,9-10,15-21,25H,7-8,11-14,22H2,1-4H3,(H,41,46)(H,42,48)/b39-19-,40-20+. The van der Waals surface area contributed by atoms with Crippen molar-refractivity contribution in [3.63, 3.8) is 0 Å². The molecular formula is C37H40FN7O7. The van der Waals surface area contributed by atoms with E-state index in [9.17, 15) is 14.4 Å². The first kappa shape index (κ1) is 35.9. The summed E-state index contributed by atoms with van der Waals surface area (Å²) in [6, 6.07) is 13.4. The summed E-state index contributed by atoms with van der Waals surface area (Å²) in [6.07, 6.45) is 6.24. The van der Waals surface area contributed by atoms with Gasteiger partial charge in [0.05, 0.1) is 58.6 Å². The molecule has 1 aliphatic heterocycles. The molecule has 14 nitrogen and oxygen atoms in total. The van der Waals surface area contributed by atoms with Gasteiger partial charge in [0.2, 0.25) is 5.43 Å². The smallest absolute Gasteiger partial charge is 0.276 e. The van der Waals surface area contributed by atoms with Crippen LogP contribution in [-0.4, -0.2) is 94.9 Å². The molecule has 4 aromatic rings. The highest BCUT2D eigenvalue weighted by Crippen LogP contribution is 2.38. The number of methoxy groups -OCH3 is 4. The SMILES string of the molecule is COc1ccc(/C=N\NC(=O)CN2CCN(c3cc4c(cc3F)c(=O)c(C(=O)N/N=C/c3ccc(OC)c(OC)c3)cn4C3CC3)CC2)cc1OC. The molecule has 2 heterocycles. The van der Waals surface area contributed by atoms with Crippen LogP contribution in [0.25, 0.3) is 10.9 Å². The van der Waals surface area contributed by atoms with Crippen LogP contribution in [0, 0.1) is 5.82 Å². The van der Waals surface area contributed by atoms with Gasteiger partial charge < -0.3 is 28.4 Å². The number of piperazine rings is 1. The Hall–Kier alpha value is -5.96. The molecule has 2 amide bonds. The first-order valence-electron chi connectivity index (χ1n) is 16.7. The molecule has 272 valence electrons. The van der Waals surface area contributed by atoms with E-state index in [0.717, 1.165) is 18.4 Å². The van der Waals surface area contributed by atoms with Gasteiger partial charge in [-0.25, -0.2) is 15.2 Å². The van der Waals surface area contributed by atoms with E-state index in [1.807, 2.05) is 14.4 Å². The highest BCUT2D eigenvalue weighted by atomic mass is 19.1. The molecule has 1 aromatic heterocycles. The number of anilines is 1. The Bertz CT molecular complexity index is 2090. The molecule has 3 aromatic carbocycles. The zero-order valence-electron chi connectivity index (χ0n) is 29.3. The van der Waals surface area contributed by atoms with Gasteiger partial charge in [0.15, 0.2) is 23.0 Å². The monoisotopic (exact) mass is 713 g/mol. The summed E-state index contributed by atoms with van der Waals surface area (Å²) in [5, 5.41) is 8.20. The Labute approximate surface area is 299 Å². The van der Waals surface area contributed by atoms with Gasteiger partial charge in [0, 0.05) is 43.8 Å². The van der Waals surface area contributed by atoms with E-state index >= 15 is 4.39 Å². The van der Waals surface area contributed by atoms with Crippen molar-refractivity contribution in [2.24, 2.45) is 10.2 Å². The number of hydrogen-bond acceptors (Lipinski definition) is 11. The molecule has 2 N–H and O–H groups in total. The minimum Gasteiger partial charge on any atom is -0.493 e.